The predicted octanol–water partition coefficient (Wildman–Crippen LogP) is 0.190. The van der Waals surface area contributed by atoms with Crippen molar-refractivity contribution in [2.24, 2.45) is 5.92 Å². The molecule has 3 unspecified atom stereocenters. The van der Waals surface area contributed by atoms with Gasteiger partial charge in [0.05, 0.1) is 11.4 Å². The van der Waals surface area contributed by atoms with Crippen LogP contribution in [0.4, 0.5) is 0 Å². The van der Waals surface area contributed by atoms with Crippen LogP contribution in [0.2, 0.25) is 0 Å². The molecule has 0 saturated heterocycles. The quantitative estimate of drug-likeness (QED) is 0.623. The molecule has 3 atom stereocenters. The van der Waals surface area contributed by atoms with Crippen LogP contribution < -0.4 is 0 Å². The van der Waals surface area contributed by atoms with Crippen LogP contribution in [0.25, 0.3) is 0 Å². The van der Waals surface area contributed by atoms with E-state index in [1.807, 2.05) is 0 Å². The summed E-state index contributed by atoms with van der Waals surface area (Å²) in [6.07, 6.45) is 2.06. The fourth-order valence-electron chi connectivity index (χ4n) is 1.71. The summed E-state index contributed by atoms with van der Waals surface area (Å²) in [4.78, 5) is 0. The largest absolute Gasteiger partial charge is 0.393 e. The first-order valence-corrected chi connectivity index (χ1v) is 5.75. The second-order valence-electron chi connectivity index (χ2n) is 3.37. The Bertz CT molecular complexity index is 232. The van der Waals surface area contributed by atoms with Gasteiger partial charge < -0.3 is 5.11 Å². The third kappa shape index (κ3) is 1.73. The van der Waals surface area contributed by atoms with Crippen molar-refractivity contribution in [3.8, 4) is 0 Å². The van der Waals surface area contributed by atoms with Gasteiger partial charge in [0.2, 0.25) is 0 Å². The molecular formula is C7H14O3S. The summed E-state index contributed by atoms with van der Waals surface area (Å²) in [5.41, 5.74) is 0. The maximum Gasteiger partial charge on any atom is 0.150 e. The molecule has 0 spiro atoms. The highest BCUT2D eigenvalue weighted by Crippen LogP contribution is 2.30. The second kappa shape index (κ2) is 2.75. The molecule has 11 heavy (non-hydrogen) atoms. The van der Waals surface area contributed by atoms with E-state index >= 15 is 0 Å². The highest BCUT2D eigenvalue weighted by molar-refractivity contribution is 7.91. The Morgan fingerprint density at radius 1 is 1.36 bits per heavy atom. The lowest BCUT2D eigenvalue weighted by Gasteiger charge is -2.14. The molecule has 0 aromatic rings. The molecule has 1 aliphatic carbocycles. The van der Waals surface area contributed by atoms with E-state index in [1.165, 1.54) is 6.26 Å². The molecule has 0 amide bonds. The third-order valence-electron chi connectivity index (χ3n) is 2.49. The normalized spacial score (nSPS) is 39.4. The Balaban J connectivity index is 2.78. The van der Waals surface area contributed by atoms with Crippen molar-refractivity contribution in [1.82, 2.24) is 0 Å². The molecule has 0 aromatic carbocycles. The SMILES string of the molecule is CC1C(O)CCC1S(C)(=O)=O. The molecule has 1 rings (SSSR count). The van der Waals surface area contributed by atoms with Crippen molar-refractivity contribution in [1.29, 1.82) is 0 Å². The van der Waals surface area contributed by atoms with Crippen molar-refractivity contribution in [2.75, 3.05) is 6.26 Å². The summed E-state index contributed by atoms with van der Waals surface area (Å²) >= 11 is 0. The summed E-state index contributed by atoms with van der Waals surface area (Å²) in [7, 11) is -2.94. The van der Waals surface area contributed by atoms with Crippen LogP contribution in [0, 0.1) is 5.92 Å². The van der Waals surface area contributed by atoms with Gasteiger partial charge in [-0.25, -0.2) is 8.42 Å². The lowest BCUT2D eigenvalue weighted by atomic mass is 10.1. The zero-order valence-corrected chi connectivity index (χ0v) is 7.63. The van der Waals surface area contributed by atoms with Gasteiger partial charge in [0, 0.05) is 6.26 Å². The Hall–Kier alpha value is -0.0900. The minimum Gasteiger partial charge on any atom is -0.393 e. The van der Waals surface area contributed by atoms with E-state index in [0.29, 0.717) is 12.8 Å². The van der Waals surface area contributed by atoms with Gasteiger partial charge in [0.25, 0.3) is 0 Å². The van der Waals surface area contributed by atoms with E-state index < -0.39 is 15.9 Å². The second-order valence-corrected chi connectivity index (χ2v) is 5.64. The maximum absolute atomic E-state index is 11.1. The Kier molecular flexibility index (Phi) is 2.25. The van der Waals surface area contributed by atoms with Crippen LogP contribution >= 0.6 is 0 Å². The van der Waals surface area contributed by atoms with Gasteiger partial charge in [-0.2, -0.15) is 0 Å². The summed E-state index contributed by atoms with van der Waals surface area (Å²) in [6, 6.07) is 0. The van der Waals surface area contributed by atoms with E-state index in [4.69, 9.17) is 0 Å². The van der Waals surface area contributed by atoms with Crippen LogP contribution in [-0.2, 0) is 9.84 Å². The number of aliphatic hydroxyl groups excluding tert-OH is 1. The van der Waals surface area contributed by atoms with Gasteiger partial charge in [-0.05, 0) is 18.8 Å². The summed E-state index contributed by atoms with van der Waals surface area (Å²) in [5.74, 6) is -0.0926. The molecule has 0 aliphatic heterocycles. The van der Waals surface area contributed by atoms with Crippen molar-refractivity contribution >= 4 is 9.84 Å². The Labute approximate surface area is 67.3 Å². The monoisotopic (exact) mass is 178 g/mol. The van der Waals surface area contributed by atoms with Gasteiger partial charge in [-0.1, -0.05) is 6.92 Å². The van der Waals surface area contributed by atoms with Crippen LogP contribution in [0.5, 0.6) is 0 Å². The summed E-state index contributed by atoms with van der Waals surface area (Å²) < 4.78 is 22.2. The van der Waals surface area contributed by atoms with Crippen molar-refractivity contribution < 1.29 is 13.5 Å². The molecule has 3 nitrogen and oxygen atoms in total. The summed E-state index contributed by atoms with van der Waals surface area (Å²) in [5, 5.41) is 8.95. The lowest BCUT2D eigenvalue weighted by molar-refractivity contribution is 0.142. The zero-order valence-electron chi connectivity index (χ0n) is 6.82. The van der Waals surface area contributed by atoms with Crippen molar-refractivity contribution in [3.63, 3.8) is 0 Å². The van der Waals surface area contributed by atoms with Crippen molar-refractivity contribution in [2.45, 2.75) is 31.1 Å². The number of rotatable bonds is 1. The molecule has 1 aliphatic rings. The van der Waals surface area contributed by atoms with E-state index in [9.17, 15) is 13.5 Å². The third-order valence-corrected chi connectivity index (χ3v) is 4.26. The first-order valence-electron chi connectivity index (χ1n) is 3.80. The molecular weight excluding hydrogens is 164 g/mol. The molecule has 1 fully saturated rings. The van der Waals surface area contributed by atoms with Crippen LogP contribution in [0.3, 0.4) is 0 Å². The fourth-order valence-corrected chi connectivity index (χ4v) is 3.24. The highest BCUT2D eigenvalue weighted by Gasteiger charge is 2.37. The first kappa shape index (κ1) is 9.00. The average molecular weight is 178 g/mol. The Morgan fingerprint density at radius 2 is 1.91 bits per heavy atom. The highest BCUT2D eigenvalue weighted by atomic mass is 32.2. The molecule has 1 N–H and O–H groups in total. The average Bonchev–Trinajstić information content (AvgIpc) is 2.11. The number of sulfone groups is 1. The number of hydrogen-bond donors (Lipinski definition) is 1. The van der Waals surface area contributed by atoms with Crippen LogP contribution in [0.1, 0.15) is 19.8 Å². The van der Waals surface area contributed by atoms with E-state index in [1.54, 1.807) is 6.92 Å². The maximum atomic E-state index is 11.1. The topological polar surface area (TPSA) is 54.4 Å². The minimum absolute atomic E-state index is 0.0926. The van der Waals surface area contributed by atoms with Gasteiger partial charge in [0.15, 0.2) is 9.84 Å². The molecule has 0 radical (unpaired) electrons. The van der Waals surface area contributed by atoms with Gasteiger partial charge in [0.1, 0.15) is 0 Å². The standard InChI is InChI=1S/C7H14O3S/c1-5-6(8)3-4-7(5)11(2,9)10/h5-8H,3-4H2,1-2H3. The number of aliphatic hydroxyl groups is 1. The first-order chi connectivity index (χ1) is 4.93. The fraction of sp³-hybridized carbons (Fsp3) is 1.00. The van der Waals surface area contributed by atoms with E-state index in [0.717, 1.165) is 0 Å². The van der Waals surface area contributed by atoms with E-state index in [-0.39, 0.29) is 11.2 Å². The summed E-state index contributed by atoms with van der Waals surface area (Å²) in [6.45, 7) is 1.80. The lowest BCUT2D eigenvalue weighted by Crippen LogP contribution is -2.26. The van der Waals surface area contributed by atoms with Crippen molar-refractivity contribution in [3.05, 3.63) is 0 Å². The van der Waals surface area contributed by atoms with Gasteiger partial charge >= 0.3 is 0 Å². The molecule has 4 heteroatoms. The van der Waals surface area contributed by atoms with Gasteiger partial charge in [-0.15, -0.1) is 0 Å². The molecule has 0 heterocycles. The molecule has 1 saturated carbocycles. The molecule has 0 aromatic heterocycles. The molecule has 0 bridgehead atoms. The van der Waals surface area contributed by atoms with Crippen LogP contribution in [-0.4, -0.2) is 31.1 Å². The van der Waals surface area contributed by atoms with Crippen LogP contribution in [0.15, 0.2) is 0 Å². The smallest absolute Gasteiger partial charge is 0.150 e. The van der Waals surface area contributed by atoms with E-state index in [2.05, 4.69) is 0 Å². The minimum atomic E-state index is -2.94. The molecule has 66 valence electrons. The zero-order chi connectivity index (χ0) is 8.65. The number of hydrogen-bond acceptors (Lipinski definition) is 3. The predicted molar refractivity (Wildman–Crippen MR) is 43.0 cm³/mol. The van der Waals surface area contributed by atoms with Gasteiger partial charge in [-0.3, -0.25) is 0 Å². The Morgan fingerprint density at radius 3 is 2.09 bits per heavy atom.